The molecule has 1 heterocycles. The van der Waals surface area contributed by atoms with E-state index in [0.717, 1.165) is 0 Å². The summed E-state index contributed by atoms with van der Waals surface area (Å²) in [5, 5.41) is 20.1. The number of aliphatic carboxylic acids is 2. The van der Waals surface area contributed by atoms with Gasteiger partial charge in [-0.3, -0.25) is 14.9 Å². The van der Waals surface area contributed by atoms with Crippen molar-refractivity contribution in [2.75, 3.05) is 0 Å². The maximum absolute atomic E-state index is 10.9. The Morgan fingerprint density at radius 2 is 2.19 bits per heavy atom. The van der Waals surface area contributed by atoms with E-state index in [1.165, 1.54) is 19.4 Å². The van der Waals surface area contributed by atoms with Crippen LogP contribution in [0.1, 0.15) is 12.6 Å². The molecule has 0 saturated heterocycles. The lowest BCUT2D eigenvalue weighted by Gasteiger charge is -2.16. The van der Waals surface area contributed by atoms with E-state index in [-0.39, 0.29) is 6.42 Å². The van der Waals surface area contributed by atoms with E-state index >= 15 is 0 Å². The topological polar surface area (TPSA) is 115 Å². The van der Waals surface area contributed by atoms with E-state index in [1.54, 1.807) is 0 Å². The largest absolute Gasteiger partial charge is 0.480 e. The monoisotopic (exact) mass is 227 g/mol. The minimum Gasteiger partial charge on any atom is -0.480 e. The van der Waals surface area contributed by atoms with Crippen LogP contribution in [0, 0.1) is 0 Å². The highest BCUT2D eigenvalue weighted by molar-refractivity contribution is 5.77. The fraction of sp³-hybridized carbons (Fsp3) is 0.444. The normalized spacial score (nSPS) is 14.3. The number of rotatable bonds is 6. The average Bonchev–Trinajstić information content (AvgIpc) is 2.68. The molecule has 0 aliphatic rings. The first-order chi connectivity index (χ1) is 7.50. The van der Waals surface area contributed by atoms with E-state index in [4.69, 9.17) is 10.2 Å². The number of aromatic amines is 1. The number of hydrogen-bond donors (Lipinski definition) is 4. The molecular weight excluding hydrogens is 214 g/mol. The lowest BCUT2D eigenvalue weighted by atomic mass is 10.1. The predicted molar refractivity (Wildman–Crippen MR) is 53.9 cm³/mol. The van der Waals surface area contributed by atoms with Crippen molar-refractivity contribution < 1.29 is 19.8 Å². The second-order valence-corrected chi connectivity index (χ2v) is 3.40. The van der Waals surface area contributed by atoms with Crippen molar-refractivity contribution in [3.63, 3.8) is 0 Å². The maximum Gasteiger partial charge on any atom is 0.321 e. The average molecular weight is 227 g/mol. The Labute approximate surface area is 91.5 Å². The molecule has 0 aliphatic heterocycles. The molecule has 1 rings (SSSR count). The van der Waals surface area contributed by atoms with Crippen LogP contribution in [-0.4, -0.2) is 44.2 Å². The first kappa shape index (κ1) is 12.2. The summed E-state index contributed by atoms with van der Waals surface area (Å²) < 4.78 is 0. The number of imidazole rings is 1. The Hall–Kier alpha value is -1.89. The first-order valence-corrected chi connectivity index (χ1v) is 4.69. The van der Waals surface area contributed by atoms with E-state index in [2.05, 4.69) is 15.3 Å². The van der Waals surface area contributed by atoms with Gasteiger partial charge in [-0.15, -0.1) is 0 Å². The van der Waals surface area contributed by atoms with Gasteiger partial charge in [0, 0.05) is 18.3 Å². The summed E-state index contributed by atoms with van der Waals surface area (Å²) in [6, 6.07) is -1.87. The number of carbonyl (C=O) groups is 2. The molecule has 4 N–H and O–H groups in total. The summed E-state index contributed by atoms with van der Waals surface area (Å²) in [4.78, 5) is 28.0. The Morgan fingerprint density at radius 3 is 2.62 bits per heavy atom. The quantitative estimate of drug-likeness (QED) is 0.519. The molecule has 0 radical (unpaired) electrons. The van der Waals surface area contributed by atoms with Gasteiger partial charge < -0.3 is 15.2 Å². The first-order valence-electron chi connectivity index (χ1n) is 4.69. The second-order valence-electron chi connectivity index (χ2n) is 3.40. The van der Waals surface area contributed by atoms with Gasteiger partial charge in [0.1, 0.15) is 12.1 Å². The van der Waals surface area contributed by atoms with Crippen LogP contribution in [0.25, 0.3) is 0 Å². The molecule has 7 nitrogen and oxygen atoms in total. The summed E-state index contributed by atoms with van der Waals surface area (Å²) in [6.45, 7) is 1.39. The van der Waals surface area contributed by atoms with Crippen LogP contribution in [0.15, 0.2) is 12.5 Å². The molecule has 7 heteroatoms. The van der Waals surface area contributed by atoms with Crippen LogP contribution in [-0.2, 0) is 16.0 Å². The number of hydrogen-bond acceptors (Lipinski definition) is 4. The number of carboxylic acids is 2. The van der Waals surface area contributed by atoms with Crippen molar-refractivity contribution in [2.45, 2.75) is 25.4 Å². The third-order valence-corrected chi connectivity index (χ3v) is 2.10. The standard InChI is InChI=1S/C9H13N3O4/c1-5(8(13)14)12-7(9(15)16)2-6-3-10-4-11-6/h3-5,7,12H,2H2,1H3,(H,10,11)(H,13,14)(H,15,16)/t5-,7+/m1/s1. The van der Waals surface area contributed by atoms with Crippen molar-refractivity contribution in [1.82, 2.24) is 15.3 Å². The molecule has 0 spiro atoms. The Balaban J connectivity index is 2.61. The molecule has 0 fully saturated rings. The molecule has 1 aromatic heterocycles. The molecule has 0 amide bonds. The number of aromatic nitrogens is 2. The van der Waals surface area contributed by atoms with Gasteiger partial charge in [0.15, 0.2) is 0 Å². The van der Waals surface area contributed by atoms with E-state index in [0.29, 0.717) is 5.69 Å². The highest BCUT2D eigenvalue weighted by Crippen LogP contribution is 2.00. The number of carboxylic acid groups (broad SMARTS) is 2. The van der Waals surface area contributed by atoms with Gasteiger partial charge in [0.05, 0.1) is 6.33 Å². The van der Waals surface area contributed by atoms with Crippen LogP contribution in [0.2, 0.25) is 0 Å². The van der Waals surface area contributed by atoms with Gasteiger partial charge in [0.25, 0.3) is 0 Å². The molecular formula is C9H13N3O4. The lowest BCUT2D eigenvalue weighted by molar-refractivity contribution is -0.142. The Bertz CT molecular complexity index is 363. The van der Waals surface area contributed by atoms with Crippen molar-refractivity contribution >= 4 is 11.9 Å². The van der Waals surface area contributed by atoms with Crippen LogP contribution in [0.3, 0.4) is 0 Å². The SMILES string of the molecule is C[C@@H](N[C@@H](Cc1cnc[nH]1)C(=O)O)C(=O)O. The molecule has 88 valence electrons. The fourth-order valence-electron chi connectivity index (χ4n) is 1.21. The zero-order valence-electron chi connectivity index (χ0n) is 8.67. The molecule has 1 aromatic rings. The van der Waals surface area contributed by atoms with Crippen molar-refractivity contribution in [3.05, 3.63) is 18.2 Å². The van der Waals surface area contributed by atoms with Crippen LogP contribution in [0.5, 0.6) is 0 Å². The fourth-order valence-corrected chi connectivity index (χ4v) is 1.21. The minimum absolute atomic E-state index is 0.160. The van der Waals surface area contributed by atoms with E-state index in [1.807, 2.05) is 0 Å². The zero-order valence-corrected chi connectivity index (χ0v) is 8.67. The number of nitrogens with one attached hydrogen (secondary N) is 2. The highest BCUT2D eigenvalue weighted by atomic mass is 16.4. The Morgan fingerprint density at radius 1 is 1.50 bits per heavy atom. The molecule has 0 bridgehead atoms. The summed E-state index contributed by atoms with van der Waals surface area (Å²) in [5.74, 6) is -2.18. The number of nitrogens with zero attached hydrogens (tertiary/aromatic N) is 1. The van der Waals surface area contributed by atoms with Gasteiger partial charge >= 0.3 is 11.9 Å². The zero-order chi connectivity index (χ0) is 12.1. The van der Waals surface area contributed by atoms with Gasteiger partial charge in [-0.2, -0.15) is 0 Å². The van der Waals surface area contributed by atoms with Gasteiger partial charge in [-0.25, -0.2) is 4.98 Å². The third-order valence-electron chi connectivity index (χ3n) is 2.10. The van der Waals surface area contributed by atoms with Crippen LogP contribution >= 0.6 is 0 Å². The smallest absolute Gasteiger partial charge is 0.321 e. The molecule has 0 saturated carbocycles. The third kappa shape index (κ3) is 3.35. The summed E-state index contributed by atoms with van der Waals surface area (Å²) in [5.41, 5.74) is 0.637. The Kier molecular flexibility index (Phi) is 4.01. The summed E-state index contributed by atoms with van der Waals surface area (Å²) >= 11 is 0. The predicted octanol–water partition coefficient (Wildman–Crippen LogP) is -0.532. The van der Waals surface area contributed by atoms with Crippen molar-refractivity contribution in [3.8, 4) is 0 Å². The minimum atomic E-state index is -1.09. The maximum atomic E-state index is 10.9. The molecule has 0 unspecified atom stereocenters. The molecule has 0 aliphatic carbocycles. The lowest BCUT2D eigenvalue weighted by Crippen LogP contribution is -2.46. The second kappa shape index (κ2) is 5.26. The van der Waals surface area contributed by atoms with Crippen LogP contribution < -0.4 is 5.32 Å². The van der Waals surface area contributed by atoms with Crippen molar-refractivity contribution in [1.29, 1.82) is 0 Å². The molecule has 0 aromatic carbocycles. The van der Waals surface area contributed by atoms with E-state index in [9.17, 15) is 9.59 Å². The highest BCUT2D eigenvalue weighted by Gasteiger charge is 2.23. The van der Waals surface area contributed by atoms with Crippen molar-refractivity contribution in [2.24, 2.45) is 0 Å². The van der Waals surface area contributed by atoms with Gasteiger partial charge in [-0.1, -0.05) is 0 Å². The van der Waals surface area contributed by atoms with Gasteiger partial charge in [0.2, 0.25) is 0 Å². The molecule has 2 atom stereocenters. The summed E-state index contributed by atoms with van der Waals surface area (Å²) in [6.07, 6.45) is 3.10. The van der Waals surface area contributed by atoms with E-state index < -0.39 is 24.0 Å². The number of H-pyrrole nitrogens is 1. The molecule has 16 heavy (non-hydrogen) atoms. The summed E-state index contributed by atoms with van der Waals surface area (Å²) in [7, 11) is 0. The van der Waals surface area contributed by atoms with Gasteiger partial charge in [-0.05, 0) is 6.92 Å². The van der Waals surface area contributed by atoms with Crippen LogP contribution in [0.4, 0.5) is 0 Å².